The second kappa shape index (κ2) is 2.44. The van der Waals surface area contributed by atoms with E-state index in [1.165, 1.54) is 4.57 Å². The zero-order valence-electron chi connectivity index (χ0n) is 6.69. The van der Waals surface area contributed by atoms with Gasteiger partial charge in [-0.3, -0.25) is 9.36 Å². The normalized spacial score (nSPS) is 10.4. The highest BCUT2D eigenvalue weighted by Crippen LogP contribution is 2.12. The van der Waals surface area contributed by atoms with Crippen LogP contribution in [0, 0.1) is 6.92 Å². The molecule has 1 aromatic carbocycles. The van der Waals surface area contributed by atoms with Crippen molar-refractivity contribution in [2.24, 2.45) is 0 Å². The minimum Gasteiger partial charge on any atom is -0.278 e. The molecule has 0 fully saturated rings. The smallest absolute Gasteiger partial charge is 0.219 e. The van der Waals surface area contributed by atoms with E-state index in [2.05, 4.69) is 4.98 Å². The molecule has 1 heterocycles. The summed E-state index contributed by atoms with van der Waals surface area (Å²) < 4.78 is 1.54. The van der Waals surface area contributed by atoms with Gasteiger partial charge in [0.1, 0.15) is 5.82 Å². The Morgan fingerprint density at radius 3 is 2.92 bits per heavy atom. The predicted molar refractivity (Wildman–Crippen MR) is 46.6 cm³/mol. The summed E-state index contributed by atoms with van der Waals surface area (Å²) in [5, 5.41) is 0. The molecule has 0 N–H and O–H groups in total. The van der Waals surface area contributed by atoms with Crippen LogP contribution in [0.5, 0.6) is 0 Å². The standard InChI is InChI=1S/C9H8N2O/c1-7-10-8-4-2-3-5-9(8)11(7)6-12/h2-6H,1H3. The Hall–Kier alpha value is -1.64. The third kappa shape index (κ3) is 0.830. The first kappa shape index (κ1) is 7.03. The number of rotatable bonds is 1. The van der Waals surface area contributed by atoms with Gasteiger partial charge in [0, 0.05) is 0 Å². The Labute approximate surface area is 69.6 Å². The van der Waals surface area contributed by atoms with Gasteiger partial charge in [0.2, 0.25) is 6.41 Å². The summed E-state index contributed by atoms with van der Waals surface area (Å²) in [6.07, 6.45) is 0.782. The van der Waals surface area contributed by atoms with Gasteiger partial charge in [0.25, 0.3) is 0 Å². The van der Waals surface area contributed by atoms with E-state index in [1.807, 2.05) is 31.2 Å². The van der Waals surface area contributed by atoms with Crippen LogP contribution in [0.25, 0.3) is 11.0 Å². The number of aryl methyl sites for hydroxylation is 1. The van der Waals surface area contributed by atoms with Crippen molar-refractivity contribution < 1.29 is 4.79 Å². The summed E-state index contributed by atoms with van der Waals surface area (Å²) in [6, 6.07) is 7.57. The largest absolute Gasteiger partial charge is 0.278 e. The Morgan fingerprint density at radius 1 is 1.42 bits per heavy atom. The molecular formula is C9H8N2O. The van der Waals surface area contributed by atoms with Crippen molar-refractivity contribution in [3.8, 4) is 0 Å². The van der Waals surface area contributed by atoms with Gasteiger partial charge >= 0.3 is 0 Å². The Morgan fingerprint density at radius 2 is 2.17 bits per heavy atom. The highest BCUT2D eigenvalue weighted by molar-refractivity contribution is 5.82. The minimum absolute atomic E-state index is 0.728. The molecule has 1 aromatic heterocycles. The van der Waals surface area contributed by atoms with Gasteiger partial charge in [-0.2, -0.15) is 0 Å². The number of hydrogen-bond donors (Lipinski definition) is 0. The van der Waals surface area contributed by atoms with E-state index < -0.39 is 0 Å². The zero-order valence-corrected chi connectivity index (χ0v) is 6.69. The lowest BCUT2D eigenvalue weighted by Crippen LogP contribution is -1.96. The van der Waals surface area contributed by atoms with Crippen molar-refractivity contribution in [2.75, 3.05) is 0 Å². The number of carbonyl (C=O) groups is 1. The molecule has 0 aliphatic carbocycles. The number of benzene rings is 1. The van der Waals surface area contributed by atoms with E-state index in [0.29, 0.717) is 0 Å². The molecule has 0 bridgehead atoms. The van der Waals surface area contributed by atoms with Crippen LogP contribution in [-0.4, -0.2) is 16.0 Å². The van der Waals surface area contributed by atoms with Crippen LogP contribution >= 0.6 is 0 Å². The van der Waals surface area contributed by atoms with Crippen molar-refractivity contribution >= 4 is 17.4 Å². The summed E-state index contributed by atoms with van der Waals surface area (Å²) in [4.78, 5) is 14.8. The monoisotopic (exact) mass is 160 g/mol. The molecular weight excluding hydrogens is 152 g/mol. The zero-order chi connectivity index (χ0) is 8.55. The van der Waals surface area contributed by atoms with E-state index in [9.17, 15) is 4.79 Å². The molecule has 60 valence electrons. The second-order valence-corrected chi connectivity index (χ2v) is 2.62. The predicted octanol–water partition coefficient (Wildman–Crippen LogP) is 1.38. The van der Waals surface area contributed by atoms with Crippen LogP contribution in [0.15, 0.2) is 24.3 Å². The number of imidazole rings is 1. The van der Waals surface area contributed by atoms with Crippen LogP contribution in [0.1, 0.15) is 5.82 Å². The second-order valence-electron chi connectivity index (χ2n) is 2.62. The van der Waals surface area contributed by atoms with Crippen molar-refractivity contribution in [2.45, 2.75) is 6.92 Å². The van der Waals surface area contributed by atoms with Gasteiger partial charge in [-0.1, -0.05) is 12.1 Å². The molecule has 0 unspecified atom stereocenters. The van der Waals surface area contributed by atoms with E-state index in [-0.39, 0.29) is 0 Å². The van der Waals surface area contributed by atoms with Crippen LogP contribution < -0.4 is 0 Å². The van der Waals surface area contributed by atoms with E-state index in [0.717, 1.165) is 23.3 Å². The van der Waals surface area contributed by atoms with Crippen molar-refractivity contribution in [3.63, 3.8) is 0 Å². The molecule has 3 nitrogen and oxygen atoms in total. The number of nitrogens with zero attached hydrogens (tertiary/aromatic N) is 2. The van der Waals surface area contributed by atoms with Crippen LogP contribution in [0.3, 0.4) is 0 Å². The molecule has 0 amide bonds. The fourth-order valence-electron chi connectivity index (χ4n) is 1.30. The minimum atomic E-state index is 0.728. The molecule has 0 atom stereocenters. The molecule has 0 aliphatic rings. The van der Waals surface area contributed by atoms with Gasteiger partial charge in [-0.25, -0.2) is 4.98 Å². The molecule has 0 saturated heterocycles. The summed E-state index contributed by atoms with van der Waals surface area (Å²) in [5.74, 6) is 0.728. The highest BCUT2D eigenvalue weighted by atomic mass is 16.1. The Balaban J connectivity index is 2.90. The van der Waals surface area contributed by atoms with Gasteiger partial charge < -0.3 is 0 Å². The fourth-order valence-corrected chi connectivity index (χ4v) is 1.30. The molecule has 0 spiro atoms. The first-order valence-electron chi connectivity index (χ1n) is 3.72. The summed E-state index contributed by atoms with van der Waals surface area (Å²) in [6.45, 7) is 1.81. The van der Waals surface area contributed by atoms with Gasteiger partial charge in [-0.15, -0.1) is 0 Å². The topological polar surface area (TPSA) is 34.9 Å². The highest BCUT2D eigenvalue weighted by Gasteiger charge is 2.03. The average molecular weight is 160 g/mol. The maximum atomic E-state index is 10.6. The quantitative estimate of drug-likeness (QED) is 0.591. The lowest BCUT2D eigenvalue weighted by atomic mass is 10.3. The first-order valence-corrected chi connectivity index (χ1v) is 3.72. The van der Waals surface area contributed by atoms with Crippen molar-refractivity contribution in [3.05, 3.63) is 30.1 Å². The maximum Gasteiger partial charge on any atom is 0.219 e. The molecule has 12 heavy (non-hydrogen) atoms. The molecule has 0 aliphatic heterocycles. The first-order chi connectivity index (χ1) is 5.83. The van der Waals surface area contributed by atoms with Gasteiger partial charge in [0.05, 0.1) is 11.0 Å². The van der Waals surface area contributed by atoms with Crippen molar-refractivity contribution in [1.82, 2.24) is 9.55 Å². The van der Waals surface area contributed by atoms with Crippen molar-refractivity contribution in [1.29, 1.82) is 0 Å². The number of hydrogen-bond acceptors (Lipinski definition) is 2. The van der Waals surface area contributed by atoms with E-state index in [4.69, 9.17) is 0 Å². The summed E-state index contributed by atoms with van der Waals surface area (Å²) in [5.41, 5.74) is 1.73. The van der Waals surface area contributed by atoms with E-state index in [1.54, 1.807) is 0 Å². The van der Waals surface area contributed by atoms with Crippen LogP contribution in [0.4, 0.5) is 0 Å². The van der Waals surface area contributed by atoms with E-state index >= 15 is 0 Å². The average Bonchev–Trinajstić information content (AvgIpc) is 2.40. The third-order valence-corrected chi connectivity index (χ3v) is 1.88. The Bertz CT molecular complexity index is 431. The summed E-state index contributed by atoms with van der Waals surface area (Å²) >= 11 is 0. The number of aromatic nitrogens is 2. The van der Waals surface area contributed by atoms with Gasteiger partial charge in [0.15, 0.2) is 0 Å². The maximum absolute atomic E-state index is 10.6. The number of fused-ring (bicyclic) bond motifs is 1. The lowest BCUT2D eigenvalue weighted by Gasteiger charge is -1.92. The molecule has 0 radical (unpaired) electrons. The molecule has 2 rings (SSSR count). The molecule has 3 heteroatoms. The van der Waals surface area contributed by atoms with Gasteiger partial charge in [-0.05, 0) is 19.1 Å². The van der Waals surface area contributed by atoms with Crippen LogP contribution in [0.2, 0.25) is 0 Å². The number of para-hydroxylation sites is 2. The van der Waals surface area contributed by atoms with Crippen LogP contribution in [-0.2, 0) is 4.79 Å². The summed E-state index contributed by atoms with van der Waals surface area (Å²) in [7, 11) is 0. The molecule has 0 saturated carbocycles. The fraction of sp³-hybridized carbons (Fsp3) is 0.111. The number of carbonyl (C=O) groups excluding carboxylic acids is 1. The Kier molecular flexibility index (Phi) is 1.43. The lowest BCUT2D eigenvalue weighted by molar-refractivity contribution is 0.547. The molecule has 2 aromatic rings. The SMILES string of the molecule is Cc1nc2ccccc2n1C=O. The third-order valence-electron chi connectivity index (χ3n) is 1.88.